The lowest BCUT2D eigenvalue weighted by atomic mass is 9.97. The minimum absolute atomic E-state index is 0. The van der Waals surface area contributed by atoms with Crippen LogP contribution in [0.5, 0.6) is 5.75 Å². The summed E-state index contributed by atoms with van der Waals surface area (Å²) >= 11 is 0. The lowest BCUT2D eigenvalue weighted by Crippen LogP contribution is -2.17. The Balaban J connectivity index is 0.00000385. The molecule has 0 aliphatic heterocycles. The molecule has 172 valence electrons. The molecule has 6 nitrogen and oxygen atoms in total. The molecule has 0 bridgehead atoms. The van der Waals surface area contributed by atoms with Gasteiger partial charge < -0.3 is 25.5 Å². The highest BCUT2D eigenvalue weighted by Gasteiger charge is 2.13. The van der Waals surface area contributed by atoms with Crippen LogP contribution < -0.4 is 15.0 Å². The monoisotopic (exact) mass is 446 g/mol. The summed E-state index contributed by atoms with van der Waals surface area (Å²) in [5.74, 6) is 1.89. The van der Waals surface area contributed by atoms with Crippen LogP contribution in [0.3, 0.4) is 0 Å². The van der Waals surface area contributed by atoms with Crippen LogP contribution in [-0.2, 0) is 17.9 Å². The number of aliphatic carboxylic acids is 1. The van der Waals surface area contributed by atoms with Crippen molar-refractivity contribution in [3.8, 4) is 18.1 Å². The van der Waals surface area contributed by atoms with Crippen molar-refractivity contribution in [2.75, 3.05) is 24.3 Å². The Morgan fingerprint density at radius 2 is 1.79 bits per heavy atom. The molecule has 33 heavy (non-hydrogen) atoms. The summed E-state index contributed by atoms with van der Waals surface area (Å²) in [7, 11) is 3.99. The Bertz CT molecular complexity index is 1080. The van der Waals surface area contributed by atoms with Crippen LogP contribution in [0.15, 0.2) is 72.8 Å². The number of terminal acetylenes is 1. The maximum Gasteiger partial charge on any atom is 0.304 e. The van der Waals surface area contributed by atoms with E-state index in [9.17, 15) is 4.79 Å². The summed E-state index contributed by atoms with van der Waals surface area (Å²) in [5.41, 5.74) is 5.24. The maximum atomic E-state index is 10.9. The molecule has 4 N–H and O–H groups in total. The third kappa shape index (κ3) is 7.03. The zero-order valence-corrected chi connectivity index (χ0v) is 18.9. The van der Waals surface area contributed by atoms with Crippen molar-refractivity contribution in [1.29, 1.82) is 0 Å². The van der Waals surface area contributed by atoms with Gasteiger partial charge in [0.15, 0.2) is 0 Å². The normalized spacial score (nSPS) is 10.9. The van der Waals surface area contributed by atoms with Crippen molar-refractivity contribution >= 4 is 17.3 Å². The van der Waals surface area contributed by atoms with E-state index in [1.165, 1.54) is 5.56 Å². The highest BCUT2D eigenvalue weighted by atomic mass is 16.5. The smallest absolute Gasteiger partial charge is 0.304 e. The predicted molar refractivity (Wildman–Crippen MR) is 133 cm³/mol. The molecule has 0 aliphatic rings. The zero-order chi connectivity index (χ0) is 22.9. The van der Waals surface area contributed by atoms with Crippen molar-refractivity contribution in [1.82, 2.24) is 0 Å². The predicted octanol–water partition coefficient (Wildman–Crippen LogP) is 4.31. The van der Waals surface area contributed by atoms with E-state index in [4.69, 9.17) is 16.3 Å². The Morgan fingerprint density at radius 3 is 2.39 bits per heavy atom. The third-order valence-electron chi connectivity index (χ3n) is 5.27. The summed E-state index contributed by atoms with van der Waals surface area (Å²) < 4.78 is 5.93. The molecule has 0 unspecified atom stereocenters. The number of carbonyl (C=O) groups is 1. The molecule has 0 heterocycles. The summed E-state index contributed by atoms with van der Waals surface area (Å²) in [5, 5.41) is 12.3. The Labute approximate surface area is 195 Å². The number of rotatable bonds is 10. The molecule has 3 aromatic rings. The fraction of sp³-hybridized carbons (Fsp3) is 0.222. The molecule has 6 heteroatoms. The molecule has 0 saturated heterocycles. The van der Waals surface area contributed by atoms with Crippen LogP contribution >= 0.6 is 0 Å². The van der Waals surface area contributed by atoms with Crippen molar-refractivity contribution in [2.45, 2.75) is 25.5 Å². The van der Waals surface area contributed by atoms with Gasteiger partial charge in [-0.1, -0.05) is 54.5 Å². The van der Waals surface area contributed by atoms with E-state index in [2.05, 4.69) is 53.5 Å². The van der Waals surface area contributed by atoms with E-state index in [1.807, 2.05) is 49.5 Å². The molecule has 3 rings (SSSR count). The van der Waals surface area contributed by atoms with Crippen LogP contribution in [0.1, 0.15) is 29.0 Å². The first-order valence-corrected chi connectivity index (χ1v) is 10.5. The Kier molecular flexibility index (Phi) is 9.34. The molecule has 0 amide bonds. The summed E-state index contributed by atoms with van der Waals surface area (Å²) in [6.07, 6.45) is 5.39. The fourth-order valence-corrected chi connectivity index (χ4v) is 3.56. The van der Waals surface area contributed by atoms with Crippen LogP contribution in [0, 0.1) is 12.3 Å². The average Bonchev–Trinajstić information content (AvgIpc) is 2.82. The Hall–Kier alpha value is -3.95. The number of benzene rings is 3. The lowest BCUT2D eigenvalue weighted by Gasteiger charge is -2.23. The van der Waals surface area contributed by atoms with Gasteiger partial charge in [-0.25, -0.2) is 0 Å². The number of carboxylic acid groups (broad SMARTS) is 1. The number of hydrogen-bond donors (Lipinski definition) is 2. The molecule has 0 saturated carbocycles. The van der Waals surface area contributed by atoms with Crippen LogP contribution in [-0.4, -0.2) is 30.6 Å². The maximum absolute atomic E-state index is 10.9. The van der Waals surface area contributed by atoms with E-state index in [0.29, 0.717) is 12.4 Å². The van der Waals surface area contributed by atoms with E-state index in [-0.39, 0.29) is 11.9 Å². The number of hydrogen-bond acceptors (Lipinski definition) is 4. The van der Waals surface area contributed by atoms with Crippen molar-refractivity contribution in [3.63, 3.8) is 0 Å². The van der Waals surface area contributed by atoms with Gasteiger partial charge >= 0.3 is 5.97 Å². The molecule has 0 radical (unpaired) electrons. The zero-order valence-electron chi connectivity index (χ0n) is 18.9. The van der Waals surface area contributed by atoms with Crippen molar-refractivity contribution < 1.29 is 20.1 Å². The third-order valence-corrected chi connectivity index (χ3v) is 5.27. The first-order valence-electron chi connectivity index (χ1n) is 10.5. The second kappa shape index (κ2) is 12.2. The van der Waals surface area contributed by atoms with Crippen LogP contribution in [0.2, 0.25) is 0 Å². The molecule has 0 spiro atoms. The minimum atomic E-state index is -0.911. The second-order valence-electron chi connectivity index (χ2n) is 7.62. The molecular formula is C27H30N2O4. The van der Waals surface area contributed by atoms with Gasteiger partial charge in [-0.15, -0.1) is 6.42 Å². The number of ether oxygens (including phenoxy) is 1. The van der Waals surface area contributed by atoms with Gasteiger partial charge in [0.05, 0.1) is 23.7 Å². The fourth-order valence-electron chi connectivity index (χ4n) is 3.56. The molecule has 0 aliphatic carbocycles. The largest absolute Gasteiger partial charge is 0.489 e. The van der Waals surface area contributed by atoms with Gasteiger partial charge in [0, 0.05) is 20.6 Å². The average molecular weight is 447 g/mol. The summed E-state index contributed by atoms with van der Waals surface area (Å²) in [6, 6.07) is 23.9. The minimum Gasteiger partial charge on any atom is -0.489 e. The number of nitrogens with one attached hydrogen (secondary N) is 1. The van der Waals surface area contributed by atoms with Crippen molar-refractivity contribution in [2.24, 2.45) is 0 Å². The summed E-state index contributed by atoms with van der Waals surface area (Å²) in [4.78, 5) is 13.2. The van der Waals surface area contributed by atoms with E-state index in [1.54, 1.807) is 0 Å². The molecular weight excluding hydrogens is 416 g/mol. The quantitative estimate of drug-likeness (QED) is 0.453. The summed E-state index contributed by atoms with van der Waals surface area (Å²) in [6.45, 7) is 1.24. The van der Waals surface area contributed by atoms with Gasteiger partial charge in [-0.3, -0.25) is 4.79 Å². The second-order valence-corrected chi connectivity index (χ2v) is 7.62. The molecule has 0 fully saturated rings. The van der Waals surface area contributed by atoms with Gasteiger partial charge in [-0.2, -0.15) is 0 Å². The van der Waals surface area contributed by atoms with E-state index >= 15 is 0 Å². The van der Waals surface area contributed by atoms with Crippen LogP contribution in [0.25, 0.3) is 0 Å². The molecule has 1 atom stereocenters. The van der Waals surface area contributed by atoms with Gasteiger partial charge in [-0.05, 0) is 41.0 Å². The highest BCUT2D eigenvalue weighted by Crippen LogP contribution is 2.28. The van der Waals surface area contributed by atoms with Gasteiger partial charge in [0.25, 0.3) is 0 Å². The van der Waals surface area contributed by atoms with Crippen LogP contribution in [0.4, 0.5) is 11.4 Å². The first-order chi connectivity index (χ1) is 15.5. The first kappa shape index (κ1) is 25.3. The SMILES string of the molecule is C#C[C@@H](CC(=O)O)c1ccc(OCc2ccc(N(C)Cc3ccccc3)c(NC)c2)cc1.O. The molecule has 3 aromatic carbocycles. The number of anilines is 2. The number of nitrogens with zero attached hydrogens (tertiary/aromatic N) is 1. The lowest BCUT2D eigenvalue weighted by molar-refractivity contribution is -0.137. The highest BCUT2D eigenvalue weighted by molar-refractivity contribution is 5.71. The number of carboxylic acids is 1. The standard InChI is InChI=1S/C27H28N2O3.H2O/c1-4-22(17-27(30)31)23-11-13-24(14-12-23)32-19-21-10-15-26(25(16-21)28-2)29(3)18-20-8-6-5-7-9-20;/h1,5-16,22,28H,17-19H2,2-3H3,(H,30,31);1H2/t22-;/m0./s1. The van der Waals surface area contributed by atoms with Gasteiger partial charge in [0.1, 0.15) is 12.4 Å². The molecule has 0 aromatic heterocycles. The van der Waals surface area contributed by atoms with E-state index in [0.717, 1.165) is 29.0 Å². The van der Waals surface area contributed by atoms with Gasteiger partial charge in [0.2, 0.25) is 0 Å². The Morgan fingerprint density at radius 1 is 1.09 bits per heavy atom. The van der Waals surface area contributed by atoms with Crippen molar-refractivity contribution in [3.05, 3.63) is 89.5 Å². The van der Waals surface area contributed by atoms with E-state index < -0.39 is 11.9 Å². The topological polar surface area (TPSA) is 93.3 Å².